The van der Waals surface area contributed by atoms with E-state index in [1.165, 1.54) is 0 Å². The van der Waals surface area contributed by atoms with Gasteiger partial charge in [0.05, 0.1) is 11.9 Å². The van der Waals surface area contributed by atoms with Crippen molar-refractivity contribution in [3.05, 3.63) is 18.0 Å². The van der Waals surface area contributed by atoms with Crippen LogP contribution in [0.5, 0.6) is 0 Å². The zero-order valence-electron chi connectivity index (χ0n) is 12.2. The first-order valence-corrected chi connectivity index (χ1v) is 8.16. The van der Waals surface area contributed by atoms with Crippen molar-refractivity contribution < 1.29 is 13.2 Å². The number of carbonyl (C=O) groups is 1. The molecule has 1 amide bonds. The molecule has 1 aromatic heterocycles. The second kappa shape index (κ2) is 5.84. The summed E-state index contributed by atoms with van der Waals surface area (Å²) in [5, 5.41) is 2.71. The van der Waals surface area contributed by atoms with Crippen molar-refractivity contribution >= 4 is 21.6 Å². The third kappa shape index (κ3) is 4.86. The topological polar surface area (TPSA) is 106 Å². The number of nitrogen functional groups attached to an aromatic ring is 1. The Kier molecular flexibility index (Phi) is 4.82. The molecule has 1 aromatic rings. The molecule has 0 aliphatic rings. The van der Waals surface area contributed by atoms with Gasteiger partial charge in [-0.1, -0.05) is 0 Å². The van der Waals surface area contributed by atoms with Crippen LogP contribution in [0.1, 0.15) is 31.3 Å². The molecule has 0 atom stereocenters. The molecule has 0 aliphatic carbocycles. The Hall–Kier alpha value is -1.54. The van der Waals surface area contributed by atoms with Crippen LogP contribution in [0, 0.1) is 0 Å². The maximum atomic E-state index is 12.1. The summed E-state index contributed by atoms with van der Waals surface area (Å²) in [5.74, 6) is -0.285. The molecular formula is C12H22N4O3S. The Bertz CT molecular complexity index is 590. The summed E-state index contributed by atoms with van der Waals surface area (Å²) in [7, 11) is -3.33. The molecule has 1 rings (SSSR count). The highest BCUT2D eigenvalue weighted by Gasteiger charge is 2.23. The molecule has 0 aromatic carbocycles. The van der Waals surface area contributed by atoms with Crippen LogP contribution in [0.25, 0.3) is 0 Å². The molecule has 0 unspecified atom stereocenters. The highest BCUT2D eigenvalue weighted by atomic mass is 32.2. The molecule has 0 fully saturated rings. The molecule has 0 aliphatic heterocycles. The predicted octanol–water partition coefficient (Wildman–Crippen LogP) is 0.148. The number of amides is 1. The van der Waals surface area contributed by atoms with Crippen LogP contribution < -0.4 is 15.8 Å². The van der Waals surface area contributed by atoms with Crippen molar-refractivity contribution in [1.82, 2.24) is 14.6 Å². The molecule has 0 saturated carbocycles. The zero-order chi connectivity index (χ0) is 15.6. The summed E-state index contributed by atoms with van der Waals surface area (Å²) in [6, 6.07) is 1.59. The van der Waals surface area contributed by atoms with Gasteiger partial charge in [0.1, 0.15) is 5.69 Å². The van der Waals surface area contributed by atoms with Gasteiger partial charge >= 0.3 is 0 Å². The van der Waals surface area contributed by atoms with Gasteiger partial charge in [0, 0.05) is 24.8 Å². The van der Waals surface area contributed by atoms with E-state index in [4.69, 9.17) is 5.73 Å². The number of aromatic nitrogens is 1. The zero-order valence-corrected chi connectivity index (χ0v) is 13.0. The Labute approximate surface area is 119 Å². The van der Waals surface area contributed by atoms with Crippen molar-refractivity contribution in [1.29, 1.82) is 0 Å². The fourth-order valence-electron chi connectivity index (χ4n) is 1.91. The minimum Gasteiger partial charge on any atom is -0.397 e. The van der Waals surface area contributed by atoms with Crippen LogP contribution in [0.4, 0.5) is 5.69 Å². The number of hydrogen-bond acceptors (Lipinski definition) is 4. The molecule has 0 spiro atoms. The summed E-state index contributed by atoms with van der Waals surface area (Å²) < 4.78 is 26.6. The fraction of sp³-hybridized carbons (Fsp3) is 0.583. The van der Waals surface area contributed by atoms with E-state index in [0.717, 1.165) is 6.26 Å². The van der Waals surface area contributed by atoms with Crippen LogP contribution in [0.15, 0.2) is 12.3 Å². The first kappa shape index (κ1) is 16.5. The lowest BCUT2D eigenvalue weighted by Crippen LogP contribution is -2.51. The van der Waals surface area contributed by atoms with E-state index in [0.29, 0.717) is 17.9 Å². The molecule has 7 nitrogen and oxygen atoms in total. The largest absolute Gasteiger partial charge is 0.397 e. The Morgan fingerprint density at radius 3 is 2.55 bits per heavy atom. The maximum absolute atomic E-state index is 12.1. The summed E-state index contributed by atoms with van der Waals surface area (Å²) in [6.45, 7) is 6.10. The number of carbonyl (C=O) groups excluding carboxylic acids is 1. The number of anilines is 1. The lowest BCUT2D eigenvalue weighted by atomic mass is 10.1. The summed E-state index contributed by atoms with van der Waals surface area (Å²) in [4.78, 5) is 12.1. The molecule has 20 heavy (non-hydrogen) atoms. The second-order valence-corrected chi connectivity index (χ2v) is 7.13. The van der Waals surface area contributed by atoms with Gasteiger partial charge in [-0.15, -0.1) is 0 Å². The van der Waals surface area contributed by atoms with E-state index in [2.05, 4.69) is 10.0 Å². The number of rotatable bonds is 6. The van der Waals surface area contributed by atoms with Gasteiger partial charge in [-0.25, -0.2) is 13.1 Å². The van der Waals surface area contributed by atoms with E-state index in [1.807, 2.05) is 6.92 Å². The molecule has 1 heterocycles. The van der Waals surface area contributed by atoms with E-state index in [-0.39, 0.29) is 12.5 Å². The third-order valence-corrected chi connectivity index (χ3v) is 3.57. The summed E-state index contributed by atoms with van der Waals surface area (Å²) in [6.07, 6.45) is 2.77. The lowest BCUT2D eigenvalue weighted by molar-refractivity contribution is 0.0935. The monoisotopic (exact) mass is 302 g/mol. The summed E-state index contributed by atoms with van der Waals surface area (Å²) >= 11 is 0. The number of nitrogens with one attached hydrogen (secondary N) is 2. The number of hydrogen-bond donors (Lipinski definition) is 3. The average molecular weight is 302 g/mol. The molecule has 4 N–H and O–H groups in total. The first-order valence-electron chi connectivity index (χ1n) is 6.27. The molecule has 0 bridgehead atoms. The van der Waals surface area contributed by atoms with Gasteiger partial charge in [0.2, 0.25) is 10.0 Å². The Morgan fingerprint density at radius 2 is 2.05 bits per heavy atom. The molecule has 0 radical (unpaired) electrons. The van der Waals surface area contributed by atoms with Crippen molar-refractivity contribution in [2.75, 3.05) is 18.5 Å². The van der Waals surface area contributed by atoms with Gasteiger partial charge in [-0.2, -0.15) is 0 Å². The van der Waals surface area contributed by atoms with Gasteiger partial charge in [-0.05, 0) is 26.8 Å². The van der Waals surface area contributed by atoms with Crippen molar-refractivity contribution in [3.8, 4) is 0 Å². The van der Waals surface area contributed by atoms with E-state index < -0.39 is 15.6 Å². The van der Waals surface area contributed by atoms with E-state index in [9.17, 15) is 13.2 Å². The van der Waals surface area contributed by atoms with E-state index in [1.54, 1.807) is 30.7 Å². The Balaban J connectivity index is 2.72. The van der Waals surface area contributed by atoms with Crippen LogP contribution in [0.3, 0.4) is 0 Å². The SMILES string of the molecule is CCn1cc(N)cc1C(=O)NCC(C)(C)NS(C)(=O)=O. The molecule has 114 valence electrons. The fourth-order valence-corrected chi connectivity index (χ4v) is 2.99. The molecular weight excluding hydrogens is 280 g/mol. The highest BCUT2D eigenvalue weighted by Crippen LogP contribution is 2.11. The van der Waals surface area contributed by atoms with Crippen molar-refractivity contribution in [2.24, 2.45) is 0 Å². The predicted molar refractivity (Wildman–Crippen MR) is 78.9 cm³/mol. The Morgan fingerprint density at radius 1 is 1.45 bits per heavy atom. The second-order valence-electron chi connectivity index (χ2n) is 5.39. The third-order valence-electron chi connectivity index (χ3n) is 2.64. The maximum Gasteiger partial charge on any atom is 0.268 e. The highest BCUT2D eigenvalue weighted by molar-refractivity contribution is 7.88. The average Bonchev–Trinajstić information content (AvgIpc) is 2.64. The van der Waals surface area contributed by atoms with Gasteiger partial charge in [-0.3, -0.25) is 4.79 Å². The van der Waals surface area contributed by atoms with Crippen LogP contribution in [-0.4, -0.2) is 37.2 Å². The van der Waals surface area contributed by atoms with Crippen molar-refractivity contribution in [2.45, 2.75) is 32.9 Å². The smallest absolute Gasteiger partial charge is 0.268 e. The van der Waals surface area contributed by atoms with Gasteiger partial charge in [0.15, 0.2) is 0 Å². The quantitative estimate of drug-likeness (QED) is 0.695. The molecule has 8 heteroatoms. The normalized spacial score (nSPS) is 12.4. The van der Waals surface area contributed by atoms with Gasteiger partial charge < -0.3 is 15.6 Å². The summed E-state index contributed by atoms with van der Waals surface area (Å²) in [5.41, 5.74) is 5.88. The minimum atomic E-state index is -3.33. The number of sulfonamides is 1. The minimum absolute atomic E-state index is 0.174. The standard InChI is InChI=1S/C12H22N4O3S/c1-5-16-7-9(13)6-10(16)11(17)14-8-12(2,3)15-20(4,18)19/h6-7,15H,5,8,13H2,1-4H3,(H,14,17). The van der Waals surface area contributed by atoms with Crippen LogP contribution in [0.2, 0.25) is 0 Å². The van der Waals surface area contributed by atoms with E-state index >= 15 is 0 Å². The number of aryl methyl sites for hydroxylation is 1. The first-order chi connectivity index (χ1) is 9.04. The number of nitrogens with zero attached hydrogens (tertiary/aromatic N) is 1. The van der Waals surface area contributed by atoms with Gasteiger partial charge in [0.25, 0.3) is 5.91 Å². The number of nitrogens with two attached hydrogens (primary N) is 1. The van der Waals surface area contributed by atoms with Crippen molar-refractivity contribution in [3.63, 3.8) is 0 Å². The lowest BCUT2D eigenvalue weighted by Gasteiger charge is -2.25. The van der Waals surface area contributed by atoms with Crippen LogP contribution in [-0.2, 0) is 16.6 Å². The molecule has 0 saturated heterocycles. The van der Waals surface area contributed by atoms with Crippen LogP contribution >= 0.6 is 0 Å².